The van der Waals surface area contributed by atoms with Crippen LogP contribution in [-0.2, 0) is 12.4 Å². The second kappa shape index (κ2) is 4.90. The molecule has 0 bridgehead atoms. The van der Waals surface area contributed by atoms with Crippen molar-refractivity contribution < 1.29 is 4.52 Å². The van der Waals surface area contributed by atoms with E-state index in [4.69, 9.17) is 16.1 Å². The third kappa shape index (κ3) is 2.08. The Hall–Kier alpha value is -1.88. The molecule has 3 heterocycles. The van der Waals surface area contributed by atoms with Crippen molar-refractivity contribution in [1.82, 2.24) is 19.7 Å². The normalized spacial score (nSPS) is 11.4. The molecule has 3 aromatic rings. The lowest BCUT2D eigenvalue weighted by Gasteiger charge is -2.07. The summed E-state index contributed by atoms with van der Waals surface area (Å²) in [6, 6.07) is 3.92. The highest BCUT2D eigenvalue weighted by Crippen LogP contribution is 2.21. The molecule has 5 nitrogen and oxygen atoms in total. The standard InChI is InChI=1S/C14H15ClN4O/c1-8-4-5-12-14(16-8)19(13(6-15)17-12)7-11-9(2)18-20-10(11)3/h4-5H,6-7H2,1-3H3. The monoisotopic (exact) mass is 290 g/mol. The van der Waals surface area contributed by atoms with Gasteiger partial charge in [0.1, 0.15) is 17.1 Å². The zero-order chi connectivity index (χ0) is 14.3. The van der Waals surface area contributed by atoms with Crippen LogP contribution in [0.2, 0.25) is 0 Å². The lowest BCUT2D eigenvalue weighted by Crippen LogP contribution is -2.06. The number of hydrogen-bond acceptors (Lipinski definition) is 4. The average Bonchev–Trinajstić information content (AvgIpc) is 2.93. The molecule has 0 unspecified atom stereocenters. The van der Waals surface area contributed by atoms with Gasteiger partial charge in [0.15, 0.2) is 5.65 Å². The summed E-state index contributed by atoms with van der Waals surface area (Å²) in [6.45, 7) is 6.43. The topological polar surface area (TPSA) is 56.7 Å². The van der Waals surface area contributed by atoms with Gasteiger partial charge in [0.25, 0.3) is 0 Å². The molecule has 0 aromatic carbocycles. The molecule has 3 rings (SSSR count). The first-order valence-electron chi connectivity index (χ1n) is 6.40. The van der Waals surface area contributed by atoms with E-state index in [2.05, 4.69) is 15.1 Å². The SMILES string of the molecule is Cc1ccc2nc(CCl)n(Cc3c(C)noc3C)c2n1. The predicted molar refractivity (Wildman–Crippen MR) is 76.9 cm³/mol. The molecule has 0 aliphatic rings. The van der Waals surface area contributed by atoms with Gasteiger partial charge in [-0.05, 0) is 32.9 Å². The highest BCUT2D eigenvalue weighted by Gasteiger charge is 2.16. The summed E-state index contributed by atoms with van der Waals surface area (Å²) in [5.74, 6) is 1.97. The summed E-state index contributed by atoms with van der Waals surface area (Å²) in [5.41, 5.74) is 4.61. The van der Waals surface area contributed by atoms with Crippen LogP contribution in [0.5, 0.6) is 0 Å². The maximum atomic E-state index is 6.01. The minimum atomic E-state index is 0.346. The van der Waals surface area contributed by atoms with Crippen LogP contribution in [0.4, 0.5) is 0 Å². The summed E-state index contributed by atoms with van der Waals surface area (Å²) in [7, 11) is 0. The Morgan fingerprint density at radius 1 is 1.20 bits per heavy atom. The van der Waals surface area contributed by atoms with Crippen LogP contribution in [0, 0.1) is 20.8 Å². The van der Waals surface area contributed by atoms with Crippen molar-refractivity contribution in [3.05, 3.63) is 40.7 Å². The van der Waals surface area contributed by atoms with Crippen LogP contribution >= 0.6 is 11.6 Å². The minimum Gasteiger partial charge on any atom is -0.361 e. The Balaban J connectivity index is 2.16. The molecular formula is C14H15ClN4O. The second-order valence-electron chi connectivity index (χ2n) is 4.85. The molecular weight excluding hydrogens is 276 g/mol. The number of nitrogens with zero attached hydrogens (tertiary/aromatic N) is 4. The molecule has 20 heavy (non-hydrogen) atoms. The van der Waals surface area contributed by atoms with Crippen molar-refractivity contribution in [1.29, 1.82) is 0 Å². The second-order valence-corrected chi connectivity index (χ2v) is 5.11. The van der Waals surface area contributed by atoms with Gasteiger partial charge in [0.2, 0.25) is 0 Å². The van der Waals surface area contributed by atoms with Crippen LogP contribution in [0.1, 0.15) is 28.5 Å². The number of hydrogen-bond donors (Lipinski definition) is 0. The van der Waals surface area contributed by atoms with E-state index in [1.807, 2.05) is 37.5 Å². The lowest BCUT2D eigenvalue weighted by molar-refractivity contribution is 0.392. The molecule has 104 valence electrons. The van der Waals surface area contributed by atoms with Gasteiger partial charge in [0, 0.05) is 11.3 Å². The van der Waals surface area contributed by atoms with Gasteiger partial charge in [-0.25, -0.2) is 9.97 Å². The summed E-state index contributed by atoms with van der Waals surface area (Å²) >= 11 is 6.01. The van der Waals surface area contributed by atoms with Gasteiger partial charge in [-0.2, -0.15) is 0 Å². The molecule has 0 amide bonds. The van der Waals surface area contributed by atoms with Crippen LogP contribution in [0.3, 0.4) is 0 Å². The first-order chi connectivity index (χ1) is 9.60. The first kappa shape index (κ1) is 13.1. The molecule has 0 aliphatic carbocycles. The maximum Gasteiger partial charge on any atom is 0.160 e. The summed E-state index contributed by atoms with van der Waals surface area (Å²) in [6.07, 6.45) is 0. The number of aromatic nitrogens is 4. The molecule has 6 heteroatoms. The third-order valence-electron chi connectivity index (χ3n) is 3.43. The number of rotatable bonds is 3. The number of aryl methyl sites for hydroxylation is 3. The molecule has 0 radical (unpaired) electrons. The fourth-order valence-electron chi connectivity index (χ4n) is 2.30. The Kier molecular flexibility index (Phi) is 3.22. The van der Waals surface area contributed by atoms with Gasteiger partial charge < -0.3 is 9.09 Å². The molecule has 0 saturated carbocycles. The fraction of sp³-hybridized carbons (Fsp3) is 0.357. The van der Waals surface area contributed by atoms with E-state index in [1.54, 1.807) is 0 Å². The molecule has 0 N–H and O–H groups in total. The van der Waals surface area contributed by atoms with Gasteiger partial charge in [-0.15, -0.1) is 11.6 Å². The largest absolute Gasteiger partial charge is 0.361 e. The number of halogens is 1. The molecule has 0 saturated heterocycles. The van der Waals surface area contributed by atoms with Crippen molar-refractivity contribution in [2.75, 3.05) is 0 Å². The molecule has 0 atom stereocenters. The van der Waals surface area contributed by atoms with Gasteiger partial charge in [-0.3, -0.25) is 0 Å². The van der Waals surface area contributed by atoms with Crippen molar-refractivity contribution in [2.24, 2.45) is 0 Å². The average molecular weight is 291 g/mol. The Labute approximate surface area is 121 Å². The summed E-state index contributed by atoms with van der Waals surface area (Å²) in [5, 5.41) is 3.99. The molecule has 0 fully saturated rings. The van der Waals surface area contributed by atoms with E-state index >= 15 is 0 Å². The lowest BCUT2D eigenvalue weighted by atomic mass is 10.2. The van der Waals surface area contributed by atoms with Crippen molar-refractivity contribution >= 4 is 22.8 Å². The maximum absolute atomic E-state index is 6.01. The van der Waals surface area contributed by atoms with Crippen molar-refractivity contribution in [3.8, 4) is 0 Å². The van der Waals surface area contributed by atoms with Crippen molar-refractivity contribution in [2.45, 2.75) is 33.2 Å². The van der Waals surface area contributed by atoms with E-state index in [0.29, 0.717) is 12.4 Å². The number of imidazole rings is 1. The predicted octanol–water partition coefficient (Wildman–Crippen LogP) is 3.13. The number of pyridine rings is 1. The Bertz CT molecular complexity index is 755. The highest BCUT2D eigenvalue weighted by molar-refractivity contribution is 6.16. The van der Waals surface area contributed by atoms with Gasteiger partial charge >= 0.3 is 0 Å². The fourth-order valence-corrected chi connectivity index (χ4v) is 2.50. The quantitative estimate of drug-likeness (QED) is 0.695. The zero-order valence-corrected chi connectivity index (χ0v) is 12.4. The summed E-state index contributed by atoms with van der Waals surface area (Å²) < 4.78 is 7.25. The molecule has 0 aliphatic heterocycles. The van der Waals surface area contributed by atoms with E-state index in [0.717, 1.165) is 39.7 Å². The Morgan fingerprint density at radius 2 is 2.00 bits per heavy atom. The molecule has 3 aromatic heterocycles. The van der Waals surface area contributed by atoms with E-state index in [1.165, 1.54) is 0 Å². The van der Waals surface area contributed by atoms with Crippen molar-refractivity contribution in [3.63, 3.8) is 0 Å². The first-order valence-corrected chi connectivity index (χ1v) is 6.94. The Morgan fingerprint density at radius 3 is 2.65 bits per heavy atom. The number of fused-ring (bicyclic) bond motifs is 1. The third-order valence-corrected chi connectivity index (χ3v) is 3.67. The van der Waals surface area contributed by atoms with E-state index in [-0.39, 0.29) is 0 Å². The van der Waals surface area contributed by atoms with E-state index < -0.39 is 0 Å². The van der Waals surface area contributed by atoms with Crippen LogP contribution < -0.4 is 0 Å². The van der Waals surface area contributed by atoms with Crippen LogP contribution in [0.25, 0.3) is 11.2 Å². The number of alkyl halides is 1. The van der Waals surface area contributed by atoms with Gasteiger partial charge in [0.05, 0.1) is 18.1 Å². The van der Waals surface area contributed by atoms with Crippen LogP contribution in [-0.4, -0.2) is 19.7 Å². The molecule has 0 spiro atoms. The van der Waals surface area contributed by atoms with Crippen LogP contribution in [0.15, 0.2) is 16.7 Å². The smallest absolute Gasteiger partial charge is 0.160 e. The highest BCUT2D eigenvalue weighted by atomic mass is 35.5. The van der Waals surface area contributed by atoms with Gasteiger partial charge in [-0.1, -0.05) is 5.16 Å². The van der Waals surface area contributed by atoms with E-state index in [9.17, 15) is 0 Å². The minimum absolute atomic E-state index is 0.346. The zero-order valence-electron chi connectivity index (χ0n) is 11.6. The summed E-state index contributed by atoms with van der Waals surface area (Å²) in [4.78, 5) is 9.10.